The van der Waals surface area contributed by atoms with E-state index in [1.54, 1.807) is 0 Å². The van der Waals surface area contributed by atoms with Crippen LogP contribution in [-0.4, -0.2) is 4.98 Å². The Bertz CT molecular complexity index is 137. The third kappa shape index (κ3) is 0.763. The lowest BCUT2D eigenvalue weighted by Crippen LogP contribution is -1.94. The molecule has 2 N–H and O–H groups in total. The number of rotatable bonds is 0. The van der Waals surface area contributed by atoms with Crippen LogP contribution in [0.1, 0.15) is 0 Å². The summed E-state index contributed by atoms with van der Waals surface area (Å²) in [6.07, 6.45) is 3.88. The van der Waals surface area contributed by atoms with E-state index in [-0.39, 0.29) is 0 Å². The van der Waals surface area contributed by atoms with Crippen molar-refractivity contribution in [1.82, 2.24) is 4.98 Å². The van der Waals surface area contributed by atoms with Crippen molar-refractivity contribution >= 4 is 5.82 Å². The summed E-state index contributed by atoms with van der Waals surface area (Å²) in [5, 5.41) is 0. The highest BCUT2D eigenvalue weighted by Gasteiger charge is 1.85. The zero-order valence-electron chi connectivity index (χ0n) is 3.63. The molecule has 0 bridgehead atoms. The van der Waals surface area contributed by atoms with Crippen molar-refractivity contribution in [1.29, 1.82) is 0 Å². The maximum absolute atomic E-state index is 5.18. The molecule has 0 saturated heterocycles. The van der Waals surface area contributed by atoms with Crippen molar-refractivity contribution < 1.29 is 4.98 Å². The first-order valence-electron chi connectivity index (χ1n) is 1.83. The summed E-state index contributed by atoms with van der Waals surface area (Å²) >= 11 is 0. The summed E-state index contributed by atoms with van der Waals surface area (Å²) in [5.41, 5.74) is 5.18. The molecule has 3 heteroatoms. The number of aromatic nitrogens is 2. The number of hydrogen-bond donors (Lipinski definition) is 1. The molecule has 1 heterocycles. The van der Waals surface area contributed by atoms with Crippen LogP contribution in [0.15, 0.2) is 12.4 Å². The second-order valence-corrected chi connectivity index (χ2v) is 1.07. The Morgan fingerprint density at radius 1 is 1.86 bits per heavy atom. The second kappa shape index (κ2) is 1.43. The summed E-state index contributed by atoms with van der Waals surface area (Å²) in [6, 6.07) is 1.51. The van der Waals surface area contributed by atoms with Gasteiger partial charge in [0.05, 0.1) is 0 Å². The highest BCUT2D eigenvalue weighted by molar-refractivity contribution is 5.20. The van der Waals surface area contributed by atoms with E-state index in [1.165, 1.54) is 12.4 Å². The molecule has 0 unspecified atom stereocenters. The van der Waals surface area contributed by atoms with Gasteiger partial charge in [0.1, 0.15) is 6.07 Å². The number of hydrogen-bond acceptors (Lipinski definition) is 2. The van der Waals surface area contributed by atoms with Gasteiger partial charge in [0, 0.05) is 0 Å². The molecule has 0 spiro atoms. The quantitative estimate of drug-likeness (QED) is 0.451. The first kappa shape index (κ1) is 3.88. The molecule has 0 aliphatic rings. The molecular weight excluding hydrogens is 90.1 g/mol. The fraction of sp³-hybridized carbons (Fsp3) is 0. The highest BCUT2D eigenvalue weighted by atomic mass is 14.9. The van der Waals surface area contributed by atoms with E-state index in [2.05, 4.69) is 16.2 Å². The minimum absolute atomic E-state index is 0.454. The first-order chi connectivity index (χ1) is 3.39. The zero-order chi connectivity index (χ0) is 5.11. The van der Waals surface area contributed by atoms with Crippen LogP contribution in [0.4, 0.5) is 5.82 Å². The predicted octanol–water partition coefficient (Wildman–Crippen LogP) is -0.936. The van der Waals surface area contributed by atoms with Crippen LogP contribution < -0.4 is 10.7 Å². The zero-order valence-corrected chi connectivity index (χ0v) is 3.63. The van der Waals surface area contributed by atoms with Crippen LogP contribution in [0.3, 0.4) is 0 Å². The lowest BCUT2D eigenvalue weighted by molar-refractivity contribution is -0.299. The fourth-order valence-electron chi connectivity index (χ4n) is 0.270. The maximum atomic E-state index is 5.18. The number of nitrogen functional groups attached to an aromatic ring is 1. The average Bonchev–Trinajstić information content (AvgIpc) is 1.69. The normalized spacial score (nSPS) is 7.43. The van der Waals surface area contributed by atoms with Gasteiger partial charge in [0.25, 0.3) is 5.82 Å². The molecule has 7 heavy (non-hydrogen) atoms. The topological polar surface area (TPSA) is 53.0 Å². The Morgan fingerprint density at radius 3 is 3.00 bits per heavy atom. The van der Waals surface area contributed by atoms with Gasteiger partial charge in [-0.05, 0) is 4.98 Å². The van der Waals surface area contributed by atoms with Crippen LogP contribution in [0.5, 0.6) is 0 Å². The lowest BCUT2D eigenvalue weighted by atomic mass is 10.6. The van der Waals surface area contributed by atoms with Crippen molar-refractivity contribution in [3.8, 4) is 0 Å². The number of anilines is 1. The smallest absolute Gasteiger partial charge is 0.362 e. The van der Waals surface area contributed by atoms with Gasteiger partial charge in [0.15, 0.2) is 6.20 Å². The van der Waals surface area contributed by atoms with Crippen molar-refractivity contribution in [3.63, 3.8) is 0 Å². The molecule has 0 aromatic carbocycles. The van der Waals surface area contributed by atoms with Crippen molar-refractivity contribution in [3.05, 3.63) is 18.6 Å². The highest BCUT2D eigenvalue weighted by Crippen LogP contribution is 1.80. The van der Waals surface area contributed by atoms with Gasteiger partial charge in [0.2, 0.25) is 0 Å². The standard InChI is InChI=1S/C4H3N3/c5-4-1-2-6-3-7-4/h1,3,5H/p+1. The molecule has 0 amide bonds. The van der Waals surface area contributed by atoms with Gasteiger partial charge < -0.3 is 5.73 Å². The SMILES string of the molecule is Nc1cc#[n+]cn1. The largest absolute Gasteiger partial charge is 0.392 e. The van der Waals surface area contributed by atoms with Gasteiger partial charge in [-0.2, -0.15) is 4.98 Å². The van der Waals surface area contributed by atoms with E-state index >= 15 is 0 Å². The summed E-state index contributed by atoms with van der Waals surface area (Å²) in [5.74, 6) is 0.454. The molecule has 0 fully saturated rings. The minimum Gasteiger partial charge on any atom is -0.362 e. The Labute approximate surface area is 41.2 Å². The van der Waals surface area contributed by atoms with Crippen molar-refractivity contribution in [2.75, 3.05) is 5.73 Å². The molecule has 0 atom stereocenters. The summed E-state index contributed by atoms with van der Waals surface area (Å²) in [7, 11) is 0. The third-order valence-corrected chi connectivity index (χ3v) is 0.552. The molecule has 0 aliphatic heterocycles. The van der Waals surface area contributed by atoms with Gasteiger partial charge in [-0.1, -0.05) is 0 Å². The van der Waals surface area contributed by atoms with Crippen molar-refractivity contribution in [2.45, 2.75) is 0 Å². The van der Waals surface area contributed by atoms with Gasteiger partial charge >= 0.3 is 6.33 Å². The van der Waals surface area contributed by atoms with E-state index in [0.717, 1.165) is 0 Å². The van der Waals surface area contributed by atoms with E-state index in [0.29, 0.717) is 5.82 Å². The average molecular weight is 94.1 g/mol. The van der Waals surface area contributed by atoms with Crippen LogP contribution in [0, 0.1) is 6.20 Å². The van der Waals surface area contributed by atoms with Gasteiger partial charge in [-0.3, -0.25) is 0 Å². The number of nitrogens with two attached hydrogens (primary N) is 1. The Hall–Kier alpha value is -1.30. The van der Waals surface area contributed by atoms with Crippen molar-refractivity contribution in [2.24, 2.45) is 0 Å². The van der Waals surface area contributed by atoms with Gasteiger partial charge in [-0.25, -0.2) is 0 Å². The third-order valence-electron chi connectivity index (χ3n) is 0.552. The van der Waals surface area contributed by atoms with E-state index in [1.807, 2.05) is 0 Å². The second-order valence-electron chi connectivity index (χ2n) is 1.07. The van der Waals surface area contributed by atoms with E-state index in [4.69, 9.17) is 5.73 Å². The molecule has 3 nitrogen and oxygen atoms in total. The molecule has 1 rings (SSSR count). The summed E-state index contributed by atoms with van der Waals surface area (Å²) < 4.78 is 0. The molecule has 1 aromatic heterocycles. The van der Waals surface area contributed by atoms with Gasteiger partial charge in [-0.15, -0.1) is 0 Å². The Morgan fingerprint density at radius 2 is 2.71 bits per heavy atom. The predicted molar refractivity (Wildman–Crippen MR) is 23.1 cm³/mol. The van der Waals surface area contributed by atoms with Crippen LogP contribution in [0.25, 0.3) is 0 Å². The summed E-state index contributed by atoms with van der Waals surface area (Å²) in [4.78, 5) is 7.14. The van der Waals surface area contributed by atoms with Crippen LogP contribution >= 0.6 is 0 Å². The molecule has 0 radical (unpaired) electrons. The summed E-state index contributed by atoms with van der Waals surface area (Å²) in [6.45, 7) is 0. The minimum atomic E-state index is 0.454. The number of nitrogens with zero attached hydrogens (tertiary/aromatic N) is 2. The lowest BCUT2D eigenvalue weighted by Gasteiger charge is -1.65. The Kier molecular flexibility index (Phi) is 0.794. The fourth-order valence-corrected chi connectivity index (χ4v) is 0.270. The molecule has 1 aromatic rings. The Balaban J connectivity index is 3.02. The molecule has 34 valence electrons. The van der Waals surface area contributed by atoms with Crippen LogP contribution in [0.2, 0.25) is 0 Å². The van der Waals surface area contributed by atoms with E-state index in [9.17, 15) is 0 Å². The van der Waals surface area contributed by atoms with Crippen LogP contribution in [-0.2, 0) is 0 Å². The molecule has 0 aliphatic carbocycles. The monoisotopic (exact) mass is 94.0 g/mol. The molecule has 0 saturated carbocycles. The first-order valence-corrected chi connectivity index (χ1v) is 1.83. The van der Waals surface area contributed by atoms with E-state index < -0.39 is 0 Å². The maximum Gasteiger partial charge on any atom is 0.392 e. The molecular formula is C4H4N3+.